The summed E-state index contributed by atoms with van der Waals surface area (Å²) in [6, 6.07) is 15.4. The van der Waals surface area contributed by atoms with Crippen LogP contribution in [0.4, 0.5) is 0 Å². The zero-order valence-electron chi connectivity index (χ0n) is 20.8. The molecule has 0 aromatic heterocycles. The van der Waals surface area contributed by atoms with Crippen LogP contribution >= 0.6 is 0 Å². The lowest BCUT2D eigenvalue weighted by molar-refractivity contribution is 0.00393. The van der Waals surface area contributed by atoms with E-state index in [-0.39, 0.29) is 35.0 Å². The number of rotatable bonds is 3. The van der Waals surface area contributed by atoms with Gasteiger partial charge in [0, 0.05) is 35.6 Å². The highest BCUT2D eigenvalue weighted by Gasteiger charge is 2.43. The van der Waals surface area contributed by atoms with Gasteiger partial charge in [-0.15, -0.1) is 0 Å². The summed E-state index contributed by atoms with van der Waals surface area (Å²) in [4.78, 5) is 0. The molecule has 4 aromatic rings. The van der Waals surface area contributed by atoms with E-state index in [0.717, 1.165) is 0 Å². The number of phenolic OH excluding ortho intramolecular Hbond substituents is 6. The summed E-state index contributed by atoms with van der Waals surface area (Å²) in [7, 11) is 0. The predicted molar refractivity (Wildman–Crippen MR) is 140 cm³/mol. The van der Waals surface area contributed by atoms with Crippen molar-refractivity contribution in [2.75, 3.05) is 0 Å². The van der Waals surface area contributed by atoms with Crippen LogP contribution in [0.15, 0.2) is 66.7 Å². The lowest BCUT2D eigenvalue weighted by Crippen LogP contribution is -2.37. The highest BCUT2D eigenvalue weighted by molar-refractivity contribution is 5.57. The first kappa shape index (κ1) is 25.5. The highest BCUT2D eigenvalue weighted by atomic mass is 16.5. The Bertz CT molecular complexity index is 1620. The van der Waals surface area contributed by atoms with E-state index in [4.69, 9.17) is 9.47 Å². The molecule has 2 heterocycles. The van der Waals surface area contributed by atoms with Gasteiger partial charge in [-0.25, -0.2) is 0 Å². The van der Waals surface area contributed by atoms with Gasteiger partial charge < -0.3 is 50.3 Å². The number of phenols is 6. The van der Waals surface area contributed by atoms with E-state index >= 15 is 0 Å². The average Bonchev–Trinajstić information content (AvgIpc) is 2.91. The maximum absolute atomic E-state index is 11.7. The fourth-order valence-electron chi connectivity index (χ4n) is 5.55. The SMILES string of the molecule is Oc1ccc2c(c1)O[C@@H](c1cc(O)c(O)cc1[C@H]1c3ccc(O)cc3O[C@H](c3ccc(O)c(O)c3)[C@H]1O)[C@H](O)C2. The fraction of sp³-hybridized carbons (Fsp3) is 0.200. The van der Waals surface area contributed by atoms with Crippen molar-refractivity contribution in [3.05, 3.63) is 94.5 Å². The third-order valence-electron chi connectivity index (χ3n) is 7.47. The molecule has 2 aliphatic rings. The van der Waals surface area contributed by atoms with Crippen LogP contribution in [0.1, 0.15) is 45.9 Å². The van der Waals surface area contributed by atoms with Crippen molar-refractivity contribution in [1.29, 1.82) is 0 Å². The first-order valence-corrected chi connectivity index (χ1v) is 12.5. The van der Waals surface area contributed by atoms with Gasteiger partial charge in [0.1, 0.15) is 29.1 Å². The second-order valence-electron chi connectivity index (χ2n) is 10.0. The maximum atomic E-state index is 11.7. The van der Waals surface area contributed by atoms with Crippen LogP contribution in [0.2, 0.25) is 0 Å². The molecule has 0 amide bonds. The third-order valence-corrected chi connectivity index (χ3v) is 7.47. The van der Waals surface area contributed by atoms with E-state index < -0.39 is 47.6 Å². The number of benzene rings is 4. The Kier molecular flexibility index (Phi) is 6.01. The molecule has 8 N–H and O–H groups in total. The van der Waals surface area contributed by atoms with Crippen LogP contribution in [0.3, 0.4) is 0 Å². The molecule has 0 fully saturated rings. The van der Waals surface area contributed by atoms with Gasteiger partial charge in [-0.1, -0.05) is 18.2 Å². The number of aliphatic hydroxyl groups excluding tert-OH is 2. The first-order valence-electron chi connectivity index (χ1n) is 12.5. The van der Waals surface area contributed by atoms with Crippen LogP contribution in [-0.4, -0.2) is 53.1 Å². The van der Waals surface area contributed by atoms with E-state index in [2.05, 4.69) is 0 Å². The Hall–Kier alpha value is -4.80. The van der Waals surface area contributed by atoms with Crippen molar-refractivity contribution in [3.63, 3.8) is 0 Å². The molecular formula is C30H26O10. The minimum absolute atomic E-state index is 0.0313. The largest absolute Gasteiger partial charge is 0.508 e. The van der Waals surface area contributed by atoms with Crippen LogP contribution in [0, 0.1) is 0 Å². The molecule has 0 saturated heterocycles. The normalized spacial score (nSPS) is 23.4. The Morgan fingerprint density at radius 2 is 1.18 bits per heavy atom. The average molecular weight is 547 g/mol. The molecule has 0 radical (unpaired) electrons. The number of aromatic hydroxyl groups is 6. The van der Waals surface area contributed by atoms with Gasteiger partial charge >= 0.3 is 0 Å². The molecule has 10 nitrogen and oxygen atoms in total. The van der Waals surface area contributed by atoms with Crippen molar-refractivity contribution >= 4 is 0 Å². The second kappa shape index (κ2) is 9.44. The minimum Gasteiger partial charge on any atom is -0.508 e. The summed E-state index contributed by atoms with van der Waals surface area (Å²) in [5, 5.41) is 83.9. The van der Waals surface area contributed by atoms with Crippen LogP contribution in [0.5, 0.6) is 46.0 Å². The molecule has 0 bridgehead atoms. The lowest BCUT2D eigenvalue weighted by Gasteiger charge is -2.39. The van der Waals surface area contributed by atoms with Gasteiger partial charge in [-0.05, 0) is 53.1 Å². The predicted octanol–water partition coefficient (Wildman–Crippen LogP) is 3.58. The lowest BCUT2D eigenvalue weighted by atomic mass is 9.76. The van der Waals surface area contributed by atoms with Gasteiger partial charge in [0.25, 0.3) is 0 Å². The van der Waals surface area contributed by atoms with E-state index in [9.17, 15) is 40.9 Å². The molecule has 4 aromatic carbocycles. The van der Waals surface area contributed by atoms with Crippen molar-refractivity contribution in [2.45, 2.75) is 36.8 Å². The molecular weight excluding hydrogens is 520 g/mol. The summed E-state index contributed by atoms with van der Waals surface area (Å²) in [6.45, 7) is 0. The van der Waals surface area contributed by atoms with Crippen molar-refractivity contribution < 1.29 is 50.3 Å². The minimum atomic E-state index is -1.35. The molecule has 2 aliphatic heterocycles. The van der Waals surface area contributed by atoms with Gasteiger partial charge in [0.2, 0.25) is 0 Å². The summed E-state index contributed by atoms with van der Waals surface area (Å²) >= 11 is 0. The highest BCUT2D eigenvalue weighted by Crippen LogP contribution is 2.51. The molecule has 10 heteroatoms. The molecule has 0 spiro atoms. The molecule has 0 unspecified atom stereocenters. The van der Waals surface area contributed by atoms with Gasteiger partial charge in [0.05, 0.1) is 6.10 Å². The molecule has 0 saturated carbocycles. The Labute approximate surface area is 227 Å². The molecule has 6 rings (SSSR count). The standard InChI is InChI=1S/C30H26O10/c31-15-3-1-13-7-24(37)30(39-25(13)9-15)19-12-23(36)22(35)11-18(19)27-17-5-4-16(32)10-26(17)40-29(28(27)38)14-2-6-20(33)21(34)8-14/h1-6,8-12,24,27-38H,7H2/t24-,27-,28+,29-,30+/m1/s1. The smallest absolute Gasteiger partial charge is 0.157 e. The van der Waals surface area contributed by atoms with E-state index in [1.807, 2.05) is 0 Å². The van der Waals surface area contributed by atoms with Gasteiger partial charge in [-0.2, -0.15) is 0 Å². The van der Waals surface area contributed by atoms with Crippen LogP contribution in [0.25, 0.3) is 0 Å². The monoisotopic (exact) mass is 546 g/mol. The van der Waals surface area contributed by atoms with Crippen LogP contribution < -0.4 is 9.47 Å². The van der Waals surface area contributed by atoms with Crippen molar-refractivity contribution in [2.24, 2.45) is 0 Å². The molecule has 206 valence electrons. The first-order chi connectivity index (χ1) is 19.1. The molecule has 5 atom stereocenters. The molecule has 40 heavy (non-hydrogen) atoms. The fourth-order valence-corrected chi connectivity index (χ4v) is 5.55. The number of hydrogen-bond acceptors (Lipinski definition) is 10. The van der Waals surface area contributed by atoms with E-state index in [1.54, 1.807) is 12.1 Å². The number of fused-ring (bicyclic) bond motifs is 2. The topological polar surface area (TPSA) is 180 Å². The third kappa shape index (κ3) is 4.23. The van der Waals surface area contributed by atoms with Crippen molar-refractivity contribution in [3.8, 4) is 46.0 Å². The van der Waals surface area contributed by atoms with Crippen LogP contribution in [-0.2, 0) is 6.42 Å². The quantitative estimate of drug-likeness (QED) is 0.177. The number of aliphatic hydroxyl groups is 2. The van der Waals surface area contributed by atoms with E-state index in [0.29, 0.717) is 28.0 Å². The van der Waals surface area contributed by atoms with Gasteiger partial charge in [-0.3, -0.25) is 0 Å². The van der Waals surface area contributed by atoms with Gasteiger partial charge in [0.15, 0.2) is 35.2 Å². The second-order valence-corrected chi connectivity index (χ2v) is 10.0. The Balaban J connectivity index is 1.52. The summed E-state index contributed by atoms with van der Waals surface area (Å²) in [5.74, 6) is -2.24. The zero-order chi connectivity index (χ0) is 28.3. The molecule has 0 aliphatic carbocycles. The summed E-state index contributed by atoms with van der Waals surface area (Å²) in [5.41, 5.74) is 2.02. The summed E-state index contributed by atoms with van der Waals surface area (Å²) in [6.07, 6.45) is -4.40. The number of ether oxygens (including phenoxy) is 2. The zero-order valence-corrected chi connectivity index (χ0v) is 20.8. The van der Waals surface area contributed by atoms with Crippen molar-refractivity contribution in [1.82, 2.24) is 0 Å². The Morgan fingerprint density at radius 3 is 1.90 bits per heavy atom. The maximum Gasteiger partial charge on any atom is 0.157 e. The number of hydrogen-bond donors (Lipinski definition) is 8. The van der Waals surface area contributed by atoms with E-state index in [1.165, 1.54) is 54.6 Å². The Morgan fingerprint density at radius 1 is 0.550 bits per heavy atom. The summed E-state index contributed by atoms with van der Waals surface area (Å²) < 4.78 is 12.2.